The molecule has 0 saturated carbocycles. The zero-order valence-corrected chi connectivity index (χ0v) is 20.6. The normalized spacial score (nSPS) is 24.0. The maximum atomic E-state index is 10.2. The quantitative estimate of drug-likeness (QED) is 0.208. The number of aliphatic hydroxyl groups excluding tert-OH is 4. The largest absolute Gasteiger partial charge is 0.496 e. The molecule has 1 aliphatic rings. The second-order valence-corrected chi connectivity index (χ2v) is 8.96. The van der Waals surface area contributed by atoms with Crippen LogP contribution in [0, 0.1) is 0 Å². The Bertz CT molecular complexity index is 1440. The Morgan fingerprint density at radius 3 is 2.63 bits per heavy atom. The third-order valence-electron chi connectivity index (χ3n) is 6.39. The summed E-state index contributed by atoms with van der Waals surface area (Å²) in [6.45, 7) is -0.536. The van der Waals surface area contributed by atoms with Crippen LogP contribution in [0.25, 0.3) is 35.2 Å². The second kappa shape index (κ2) is 11.2. The van der Waals surface area contributed by atoms with Crippen molar-refractivity contribution >= 4 is 35.2 Å². The molecule has 1 aliphatic heterocycles. The van der Waals surface area contributed by atoms with Gasteiger partial charge in [0.25, 0.3) is 0 Å². The molecule has 0 amide bonds. The number of hydrogen-bond donors (Lipinski definition) is 6. The molecule has 5 atom stereocenters. The fraction of sp³-hybridized carbons (Fsp3) is 0.250. The number of ether oxygens (including phenoxy) is 3. The van der Waals surface area contributed by atoms with Crippen molar-refractivity contribution in [2.45, 2.75) is 30.7 Å². The van der Waals surface area contributed by atoms with Gasteiger partial charge in [0, 0.05) is 23.3 Å². The van der Waals surface area contributed by atoms with Crippen LogP contribution in [-0.2, 0) is 4.74 Å². The zero-order valence-electron chi connectivity index (χ0n) is 20.6. The number of methoxy groups -OCH3 is 1. The molecular weight excluding hydrogens is 490 g/mol. The van der Waals surface area contributed by atoms with Gasteiger partial charge in [0.15, 0.2) is 0 Å². The van der Waals surface area contributed by atoms with Crippen molar-refractivity contribution in [2.75, 3.05) is 13.7 Å². The Kier molecular flexibility index (Phi) is 7.59. The summed E-state index contributed by atoms with van der Waals surface area (Å²) in [6.07, 6.45) is 2.76. The molecule has 0 bridgehead atoms. The molecule has 5 rings (SSSR count). The maximum absolute atomic E-state index is 10.2. The monoisotopic (exact) mass is 519 g/mol. The van der Waals surface area contributed by atoms with E-state index in [9.17, 15) is 20.4 Å². The molecule has 0 radical (unpaired) electrons. The minimum atomic E-state index is -1.52. The van der Waals surface area contributed by atoms with E-state index in [2.05, 4.69) is 33.4 Å². The van der Waals surface area contributed by atoms with Crippen LogP contribution in [0.5, 0.6) is 11.5 Å². The number of benzene rings is 2. The number of nitrogens with zero attached hydrogens (tertiary/aromatic N) is 1. The van der Waals surface area contributed by atoms with Crippen molar-refractivity contribution in [3.63, 3.8) is 0 Å². The summed E-state index contributed by atoms with van der Waals surface area (Å²) in [6, 6.07) is 15.2. The van der Waals surface area contributed by atoms with Gasteiger partial charge < -0.3 is 39.6 Å². The van der Waals surface area contributed by atoms with E-state index < -0.39 is 37.3 Å². The highest BCUT2D eigenvalue weighted by Crippen LogP contribution is 2.30. The highest BCUT2D eigenvalue weighted by Gasteiger charge is 2.44. The molecular formula is C28H29N3O7. The summed E-state index contributed by atoms with van der Waals surface area (Å²) in [7, 11) is 1.52. The summed E-state index contributed by atoms with van der Waals surface area (Å²) >= 11 is 0. The van der Waals surface area contributed by atoms with Gasteiger partial charge in [0.05, 0.1) is 25.1 Å². The van der Waals surface area contributed by atoms with Crippen molar-refractivity contribution in [3.8, 4) is 11.5 Å². The van der Waals surface area contributed by atoms with Crippen LogP contribution in [0.15, 0.2) is 54.7 Å². The van der Waals surface area contributed by atoms with E-state index in [1.54, 1.807) is 18.2 Å². The number of nitrogens with one attached hydrogen (secondary N) is 2. The number of aromatic amines is 2. The van der Waals surface area contributed by atoms with Crippen LogP contribution in [-0.4, -0.2) is 80.0 Å². The van der Waals surface area contributed by atoms with Crippen molar-refractivity contribution in [1.82, 2.24) is 15.2 Å². The van der Waals surface area contributed by atoms with E-state index >= 15 is 0 Å². The topological polar surface area (TPSA) is 153 Å². The minimum absolute atomic E-state index is 0.315. The van der Waals surface area contributed by atoms with Gasteiger partial charge in [-0.3, -0.25) is 5.10 Å². The number of aromatic nitrogens is 3. The molecule has 0 spiro atoms. The van der Waals surface area contributed by atoms with Crippen LogP contribution >= 0.6 is 0 Å². The predicted molar refractivity (Wildman–Crippen MR) is 142 cm³/mol. The first-order chi connectivity index (χ1) is 18.4. The third kappa shape index (κ3) is 5.49. The molecule has 0 aliphatic carbocycles. The Labute approximate surface area is 218 Å². The average Bonchev–Trinajstić information content (AvgIpc) is 3.60. The molecule has 198 valence electrons. The van der Waals surface area contributed by atoms with Crippen molar-refractivity contribution < 1.29 is 34.6 Å². The molecule has 6 N–H and O–H groups in total. The summed E-state index contributed by atoms with van der Waals surface area (Å²) in [5.74, 6) is 0.817. The highest BCUT2D eigenvalue weighted by atomic mass is 16.7. The second-order valence-electron chi connectivity index (χ2n) is 8.96. The van der Waals surface area contributed by atoms with Crippen molar-refractivity contribution in [3.05, 3.63) is 77.2 Å². The van der Waals surface area contributed by atoms with E-state index in [-0.39, 0.29) is 0 Å². The number of fused-ring (bicyclic) bond motifs is 1. The van der Waals surface area contributed by atoms with Crippen LogP contribution < -0.4 is 9.47 Å². The van der Waals surface area contributed by atoms with E-state index in [0.717, 1.165) is 28.0 Å². The number of H-pyrrole nitrogens is 2. The third-order valence-corrected chi connectivity index (χ3v) is 6.39. The first-order valence-corrected chi connectivity index (χ1v) is 12.1. The van der Waals surface area contributed by atoms with Crippen LogP contribution in [0.1, 0.15) is 22.5 Å². The van der Waals surface area contributed by atoms with Crippen molar-refractivity contribution in [2.24, 2.45) is 0 Å². The molecule has 2 aromatic heterocycles. The van der Waals surface area contributed by atoms with Gasteiger partial charge in [-0.2, -0.15) is 5.10 Å². The lowest BCUT2D eigenvalue weighted by molar-refractivity contribution is -0.277. The Morgan fingerprint density at radius 2 is 1.82 bits per heavy atom. The first-order valence-electron chi connectivity index (χ1n) is 12.1. The van der Waals surface area contributed by atoms with Gasteiger partial charge in [-0.25, -0.2) is 0 Å². The summed E-state index contributed by atoms with van der Waals surface area (Å²) in [4.78, 5) is 3.21. The molecule has 10 nitrogen and oxygen atoms in total. The summed E-state index contributed by atoms with van der Waals surface area (Å²) < 4.78 is 16.6. The van der Waals surface area contributed by atoms with E-state index in [4.69, 9.17) is 14.2 Å². The zero-order chi connectivity index (χ0) is 26.6. The molecule has 10 heteroatoms. The molecule has 1 fully saturated rings. The van der Waals surface area contributed by atoms with E-state index in [1.807, 2.05) is 42.6 Å². The number of aliphatic hydroxyl groups is 4. The summed E-state index contributed by atoms with van der Waals surface area (Å²) in [5, 5.41) is 48.0. The lowest BCUT2D eigenvalue weighted by atomic mass is 9.99. The molecule has 4 aromatic rings. The average molecular weight is 520 g/mol. The van der Waals surface area contributed by atoms with Gasteiger partial charge in [-0.15, -0.1) is 0 Å². The van der Waals surface area contributed by atoms with Gasteiger partial charge in [-0.1, -0.05) is 18.2 Å². The van der Waals surface area contributed by atoms with Gasteiger partial charge in [-0.05, 0) is 59.5 Å². The molecule has 0 unspecified atom stereocenters. The Morgan fingerprint density at radius 1 is 0.947 bits per heavy atom. The maximum Gasteiger partial charge on any atom is 0.229 e. The first kappa shape index (κ1) is 25.7. The SMILES string of the molecule is COc1cc(O[C@@H]2O[C@H](CO)[C@@H](O)[C@H](O)[C@H]2O)ccc1/C=C/c1cc(/C=C/c2ccc3cc[nH]c3c2)n[nH]1. The van der Waals surface area contributed by atoms with Gasteiger partial charge >= 0.3 is 0 Å². The standard InChI is InChI=1S/C28H29N3O7/c1-36-23-14-21(37-28-27(35)26(34)25(33)24(15-32)38-28)9-6-18(23)5-8-20-13-19(30-31-20)7-3-16-2-4-17-10-11-29-22(17)12-16/h2-14,24-29,32-35H,15H2,1H3,(H,30,31)/b7-3+,8-5+/t24-,25-,26+,27-,28-/m1/s1. The lowest BCUT2D eigenvalue weighted by Gasteiger charge is -2.39. The number of rotatable bonds is 8. The minimum Gasteiger partial charge on any atom is -0.496 e. The Hall–Kier alpha value is -3.93. The molecule has 1 saturated heterocycles. The fourth-order valence-electron chi connectivity index (χ4n) is 4.26. The van der Waals surface area contributed by atoms with Gasteiger partial charge in [0.2, 0.25) is 6.29 Å². The van der Waals surface area contributed by atoms with E-state index in [0.29, 0.717) is 11.5 Å². The smallest absolute Gasteiger partial charge is 0.229 e. The number of hydrogen-bond acceptors (Lipinski definition) is 8. The van der Waals surface area contributed by atoms with Gasteiger partial charge in [0.1, 0.15) is 35.9 Å². The molecule has 3 heterocycles. The van der Waals surface area contributed by atoms with Crippen LogP contribution in [0.3, 0.4) is 0 Å². The fourth-order valence-corrected chi connectivity index (χ4v) is 4.26. The summed E-state index contributed by atoms with van der Waals surface area (Å²) in [5.41, 5.74) is 4.49. The lowest BCUT2D eigenvalue weighted by Crippen LogP contribution is -2.60. The Balaban J connectivity index is 1.25. The van der Waals surface area contributed by atoms with E-state index in [1.165, 1.54) is 12.5 Å². The molecule has 2 aromatic carbocycles. The predicted octanol–water partition coefficient (Wildman–Crippen LogP) is 2.42. The van der Waals surface area contributed by atoms with Crippen molar-refractivity contribution in [1.29, 1.82) is 0 Å². The van der Waals surface area contributed by atoms with Crippen LogP contribution in [0.4, 0.5) is 0 Å². The van der Waals surface area contributed by atoms with Crippen LogP contribution in [0.2, 0.25) is 0 Å². The molecule has 38 heavy (non-hydrogen) atoms. The highest BCUT2D eigenvalue weighted by molar-refractivity contribution is 5.83.